The molecule has 166 valence electrons. The SMILES string of the molecule is CC12C=c3c(sc4ccccc34)=CC1c1cc3c(cc1C=C2c1cccnc1)sc1ccccc13. The zero-order chi connectivity index (χ0) is 23.1. The molecule has 2 aliphatic rings. The standard InChI is InChI=1S/C32H21NS2/c1-32-17-25-22-9-3-5-11-29(22)35-31(25)16-27(32)23-15-24-21-8-2-4-10-28(21)34-30(24)14-20(23)13-26(32)19-7-6-12-33-18-19/h2-18,27H,1H3. The first-order chi connectivity index (χ1) is 17.2. The van der Waals surface area contributed by atoms with E-state index in [9.17, 15) is 0 Å². The van der Waals surface area contributed by atoms with Gasteiger partial charge in [0.15, 0.2) is 0 Å². The van der Waals surface area contributed by atoms with Gasteiger partial charge in [-0.3, -0.25) is 4.98 Å². The topological polar surface area (TPSA) is 12.9 Å². The molecule has 0 fully saturated rings. The van der Waals surface area contributed by atoms with Crippen molar-refractivity contribution in [3.63, 3.8) is 0 Å². The maximum Gasteiger partial charge on any atom is 0.0361 e. The number of fused-ring (bicyclic) bond motifs is 9. The van der Waals surface area contributed by atoms with Gasteiger partial charge in [-0.2, -0.15) is 0 Å². The van der Waals surface area contributed by atoms with Crippen molar-refractivity contribution in [2.24, 2.45) is 5.41 Å². The van der Waals surface area contributed by atoms with Crippen LogP contribution < -0.4 is 9.75 Å². The average Bonchev–Trinajstić information content (AvgIpc) is 3.43. The van der Waals surface area contributed by atoms with Crippen LogP contribution in [0.25, 0.3) is 54.1 Å². The average molecular weight is 484 g/mol. The third-order valence-corrected chi connectivity index (χ3v) is 10.1. The molecule has 0 saturated heterocycles. The van der Waals surface area contributed by atoms with E-state index in [0.29, 0.717) is 0 Å². The molecule has 1 nitrogen and oxygen atoms in total. The third kappa shape index (κ3) is 2.71. The largest absolute Gasteiger partial charge is 0.264 e. The summed E-state index contributed by atoms with van der Waals surface area (Å²) in [5, 5.41) is 5.48. The third-order valence-electron chi connectivity index (χ3n) is 7.84. The smallest absolute Gasteiger partial charge is 0.0361 e. The molecule has 3 heteroatoms. The van der Waals surface area contributed by atoms with Gasteiger partial charge in [-0.25, -0.2) is 0 Å². The Kier molecular flexibility index (Phi) is 3.95. The fourth-order valence-electron chi connectivity index (χ4n) is 6.15. The number of aromatic nitrogens is 1. The molecule has 0 N–H and O–H groups in total. The van der Waals surface area contributed by atoms with Crippen molar-refractivity contribution in [2.75, 3.05) is 0 Å². The lowest BCUT2D eigenvalue weighted by Gasteiger charge is -2.42. The second kappa shape index (κ2) is 7.00. The molecule has 0 amide bonds. The van der Waals surface area contributed by atoms with Crippen LogP contribution in [0, 0.1) is 5.41 Å². The summed E-state index contributed by atoms with van der Waals surface area (Å²) in [6.07, 6.45) is 11.4. The van der Waals surface area contributed by atoms with Crippen molar-refractivity contribution in [3.05, 3.63) is 112 Å². The molecule has 2 aliphatic carbocycles. The van der Waals surface area contributed by atoms with Gasteiger partial charge in [0.25, 0.3) is 0 Å². The lowest BCUT2D eigenvalue weighted by Crippen LogP contribution is -2.37. The van der Waals surface area contributed by atoms with E-state index >= 15 is 0 Å². The van der Waals surface area contributed by atoms with E-state index in [4.69, 9.17) is 0 Å². The van der Waals surface area contributed by atoms with Crippen LogP contribution in [0.4, 0.5) is 0 Å². The second-order valence-corrected chi connectivity index (χ2v) is 12.0. The van der Waals surface area contributed by atoms with E-state index in [1.54, 1.807) is 0 Å². The number of benzene rings is 3. The highest BCUT2D eigenvalue weighted by Crippen LogP contribution is 2.55. The van der Waals surface area contributed by atoms with Crippen LogP contribution in [0.1, 0.15) is 29.5 Å². The summed E-state index contributed by atoms with van der Waals surface area (Å²) in [6, 6.07) is 26.8. The van der Waals surface area contributed by atoms with Crippen LogP contribution >= 0.6 is 22.7 Å². The first-order valence-corrected chi connectivity index (χ1v) is 13.6. The zero-order valence-electron chi connectivity index (χ0n) is 19.2. The lowest BCUT2D eigenvalue weighted by molar-refractivity contribution is 0.553. The van der Waals surface area contributed by atoms with E-state index in [2.05, 4.69) is 103 Å². The van der Waals surface area contributed by atoms with E-state index < -0.39 is 0 Å². The number of hydrogen-bond donors (Lipinski definition) is 0. The highest BCUT2D eigenvalue weighted by molar-refractivity contribution is 7.25. The van der Waals surface area contributed by atoms with Crippen molar-refractivity contribution in [1.82, 2.24) is 4.98 Å². The first-order valence-electron chi connectivity index (χ1n) is 12.0. The first kappa shape index (κ1) is 19.7. The van der Waals surface area contributed by atoms with Crippen LogP contribution in [0.15, 0.2) is 85.2 Å². The summed E-state index contributed by atoms with van der Waals surface area (Å²) in [5.41, 5.74) is 5.15. The van der Waals surface area contributed by atoms with Crippen molar-refractivity contribution in [2.45, 2.75) is 12.8 Å². The summed E-state index contributed by atoms with van der Waals surface area (Å²) in [6.45, 7) is 2.42. The molecule has 0 bridgehead atoms. The van der Waals surface area contributed by atoms with Gasteiger partial charge in [0, 0.05) is 58.5 Å². The molecule has 8 rings (SSSR count). The molecular formula is C32H21NS2. The molecule has 3 aromatic carbocycles. The fraction of sp³-hybridized carbons (Fsp3) is 0.0938. The minimum absolute atomic E-state index is 0.160. The van der Waals surface area contributed by atoms with Crippen LogP contribution in [0.2, 0.25) is 0 Å². The van der Waals surface area contributed by atoms with Gasteiger partial charge < -0.3 is 0 Å². The number of pyridine rings is 1. The Labute approximate surface area is 211 Å². The van der Waals surface area contributed by atoms with Crippen molar-refractivity contribution < 1.29 is 0 Å². The molecule has 2 unspecified atom stereocenters. The molecule has 0 spiro atoms. The summed E-state index contributed by atoms with van der Waals surface area (Å²) >= 11 is 3.81. The van der Waals surface area contributed by atoms with Gasteiger partial charge >= 0.3 is 0 Å². The lowest BCUT2D eigenvalue weighted by atomic mass is 9.61. The molecule has 0 aliphatic heterocycles. The molecule has 35 heavy (non-hydrogen) atoms. The van der Waals surface area contributed by atoms with Crippen LogP contribution in [-0.2, 0) is 0 Å². The Morgan fingerprint density at radius 2 is 1.60 bits per heavy atom. The van der Waals surface area contributed by atoms with E-state index in [0.717, 1.165) is 0 Å². The molecule has 0 radical (unpaired) electrons. The Bertz CT molecular complexity index is 1970. The molecular weight excluding hydrogens is 462 g/mol. The highest BCUT2D eigenvalue weighted by atomic mass is 32.1. The number of allylic oxidation sites excluding steroid dienone is 1. The zero-order valence-corrected chi connectivity index (χ0v) is 20.8. The fourth-order valence-corrected chi connectivity index (χ4v) is 8.45. The summed E-state index contributed by atoms with van der Waals surface area (Å²) in [4.78, 5) is 4.49. The maximum atomic E-state index is 4.49. The number of hydrogen-bond acceptors (Lipinski definition) is 3. The van der Waals surface area contributed by atoms with Gasteiger partial charge in [-0.05, 0) is 63.9 Å². The predicted octanol–water partition coefficient (Wildman–Crippen LogP) is 7.58. The summed E-state index contributed by atoms with van der Waals surface area (Å²) in [7, 11) is 0. The van der Waals surface area contributed by atoms with Crippen LogP contribution in [0.3, 0.4) is 0 Å². The van der Waals surface area contributed by atoms with Crippen LogP contribution in [0.5, 0.6) is 0 Å². The van der Waals surface area contributed by atoms with Crippen molar-refractivity contribution in [1.29, 1.82) is 0 Å². The van der Waals surface area contributed by atoms with E-state index in [1.807, 2.05) is 35.1 Å². The van der Waals surface area contributed by atoms with Gasteiger partial charge in [0.1, 0.15) is 0 Å². The Morgan fingerprint density at radius 1 is 0.800 bits per heavy atom. The second-order valence-electron chi connectivity index (χ2n) is 9.82. The summed E-state index contributed by atoms with van der Waals surface area (Å²) < 4.78 is 5.47. The van der Waals surface area contributed by atoms with Crippen LogP contribution in [-0.4, -0.2) is 4.98 Å². The van der Waals surface area contributed by atoms with Gasteiger partial charge in [-0.1, -0.05) is 61.5 Å². The molecule has 2 atom stereocenters. The quantitative estimate of drug-likeness (QED) is 0.235. The predicted molar refractivity (Wildman–Crippen MR) is 152 cm³/mol. The van der Waals surface area contributed by atoms with E-state index in [-0.39, 0.29) is 11.3 Å². The monoisotopic (exact) mass is 483 g/mol. The molecule has 3 heterocycles. The summed E-state index contributed by atoms with van der Waals surface area (Å²) in [5.74, 6) is 0.265. The minimum Gasteiger partial charge on any atom is -0.264 e. The van der Waals surface area contributed by atoms with E-state index in [1.165, 1.54) is 62.3 Å². The molecule has 0 saturated carbocycles. The Morgan fingerprint density at radius 3 is 2.43 bits per heavy atom. The van der Waals surface area contributed by atoms with Crippen molar-refractivity contribution in [3.8, 4) is 0 Å². The van der Waals surface area contributed by atoms with Gasteiger partial charge in [0.2, 0.25) is 0 Å². The maximum absolute atomic E-state index is 4.49. The molecule has 6 aromatic rings. The highest BCUT2D eigenvalue weighted by Gasteiger charge is 2.42. The molecule has 3 aromatic heterocycles. The van der Waals surface area contributed by atoms with Crippen molar-refractivity contribution >= 4 is 76.7 Å². The number of rotatable bonds is 1. The minimum atomic E-state index is -0.160. The normalized spacial score (nSPS) is 20.6. The number of nitrogens with zero attached hydrogens (tertiary/aromatic N) is 1. The number of thiophene rings is 2. The van der Waals surface area contributed by atoms with Gasteiger partial charge in [0.05, 0.1) is 0 Å². The Hall–Kier alpha value is -3.53. The van der Waals surface area contributed by atoms with Gasteiger partial charge in [-0.15, -0.1) is 22.7 Å². The Balaban J connectivity index is 1.50.